The molecule has 3 aliphatic heterocycles. The number of aryl methyl sites for hydroxylation is 1. The Kier molecular flexibility index (Phi) is 8.59. The number of halogens is 1. The Morgan fingerprint density at radius 2 is 1.91 bits per heavy atom. The van der Waals surface area contributed by atoms with Gasteiger partial charge in [0.1, 0.15) is 0 Å². The van der Waals surface area contributed by atoms with Gasteiger partial charge in [-0.15, -0.1) is 0 Å². The van der Waals surface area contributed by atoms with Gasteiger partial charge in [-0.25, -0.2) is 0 Å². The van der Waals surface area contributed by atoms with Gasteiger partial charge in [0, 0.05) is 67.0 Å². The van der Waals surface area contributed by atoms with Crippen LogP contribution in [0.4, 0.5) is 5.82 Å². The summed E-state index contributed by atoms with van der Waals surface area (Å²) in [4.78, 5) is 19.4. The average molecular weight is 608 g/mol. The molecule has 0 spiro atoms. The molecule has 3 saturated heterocycles. The number of rotatable bonds is 7. The summed E-state index contributed by atoms with van der Waals surface area (Å²) in [6.07, 6.45) is 8.30. The molecule has 5 heterocycles. The summed E-state index contributed by atoms with van der Waals surface area (Å²) in [5.41, 5.74) is 5.20. The quantitative estimate of drug-likeness (QED) is 0.344. The van der Waals surface area contributed by atoms with Gasteiger partial charge in [0.05, 0.1) is 36.0 Å². The molecule has 43 heavy (non-hydrogen) atoms. The maximum atomic E-state index is 12.3. The average Bonchev–Trinajstić information content (AvgIpc) is 3.62. The number of ether oxygens (including phenoxy) is 1. The molecule has 3 aliphatic rings. The van der Waals surface area contributed by atoms with E-state index < -0.39 is 0 Å². The summed E-state index contributed by atoms with van der Waals surface area (Å²) in [7, 11) is 0. The largest absolute Gasteiger partial charge is 0.379 e. The number of piperidine rings is 2. The zero-order valence-corrected chi connectivity index (χ0v) is 26.9. The van der Waals surface area contributed by atoms with Crippen LogP contribution in [0.2, 0.25) is 5.02 Å². The third kappa shape index (κ3) is 5.60. The van der Waals surface area contributed by atoms with E-state index in [1.807, 2.05) is 11.1 Å². The Hall–Kier alpha value is -2.88. The molecule has 2 atom stereocenters. The van der Waals surface area contributed by atoms with Crippen LogP contribution in [0.25, 0.3) is 22.0 Å². The SMILES string of the molecule is C=CC(=O)N1CCC(n2nc(N3CCC(CN4CCOCC4)CC3(C)CC)c(-c3c(Cl)c(C)cc4[nH]ncc34)c2C)CC1. The van der Waals surface area contributed by atoms with Gasteiger partial charge in [-0.1, -0.05) is 25.1 Å². The van der Waals surface area contributed by atoms with Crippen LogP contribution < -0.4 is 4.90 Å². The fourth-order valence-corrected chi connectivity index (χ4v) is 7.91. The summed E-state index contributed by atoms with van der Waals surface area (Å²) >= 11 is 7.18. The van der Waals surface area contributed by atoms with E-state index in [0.29, 0.717) is 19.0 Å². The van der Waals surface area contributed by atoms with Gasteiger partial charge >= 0.3 is 0 Å². The predicted molar refractivity (Wildman–Crippen MR) is 173 cm³/mol. The first-order chi connectivity index (χ1) is 20.7. The number of morpholine rings is 1. The summed E-state index contributed by atoms with van der Waals surface area (Å²) in [5, 5.41) is 14.8. The first-order valence-electron chi connectivity index (χ1n) is 15.9. The van der Waals surface area contributed by atoms with Crippen molar-refractivity contribution in [3.05, 3.63) is 41.2 Å². The molecule has 0 aliphatic carbocycles. The Bertz CT molecular complexity index is 1480. The number of anilines is 1. The predicted octanol–water partition coefficient (Wildman–Crippen LogP) is 5.76. The monoisotopic (exact) mass is 607 g/mol. The molecule has 0 radical (unpaired) electrons. The van der Waals surface area contributed by atoms with Crippen LogP contribution in [-0.2, 0) is 9.53 Å². The fraction of sp³-hybridized carbons (Fsp3) is 0.606. The van der Waals surface area contributed by atoms with Crippen LogP contribution in [0.1, 0.15) is 63.3 Å². The second kappa shape index (κ2) is 12.3. The molecule has 6 rings (SSSR count). The molecule has 1 amide bonds. The van der Waals surface area contributed by atoms with Crippen molar-refractivity contribution in [2.75, 3.05) is 57.4 Å². The van der Waals surface area contributed by atoms with Gasteiger partial charge in [0.2, 0.25) is 5.91 Å². The highest BCUT2D eigenvalue weighted by atomic mass is 35.5. The fourth-order valence-electron chi connectivity index (χ4n) is 7.66. The molecule has 10 heteroatoms. The van der Waals surface area contributed by atoms with Crippen LogP contribution >= 0.6 is 11.6 Å². The smallest absolute Gasteiger partial charge is 0.245 e. The number of benzene rings is 1. The molecule has 1 N–H and O–H groups in total. The van der Waals surface area contributed by atoms with Gasteiger partial charge in [-0.2, -0.15) is 10.2 Å². The molecule has 0 saturated carbocycles. The number of aromatic amines is 1. The number of aromatic nitrogens is 4. The standard InChI is InChI=1S/C33H46ClN7O2/c1-6-28(42)39-11-9-25(10-12-39)41-23(4)29(30-26-20-35-36-27(26)18-22(3)31(30)34)32(37-41)40-13-8-24(19-33(40,5)7-2)21-38-14-16-43-17-15-38/h6,18,20,24-25H,1,7-17,19,21H2,2-5H3,(H,35,36). The van der Waals surface area contributed by atoms with E-state index in [1.54, 1.807) is 0 Å². The van der Waals surface area contributed by atoms with Crippen LogP contribution in [0.5, 0.6) is 0 Å². The topological polar surface area (TPSA) is 82.5 Å². The van der Waals surface area contributed by atoms with E-state index >= 15 is 0 Å². The molecule has 3 fully saturated rings. The number of H-pyrrole nitrogens is 1. The number of likely N-dealkylation sites (tertiary alicyclic amines) is 1. The molecule has 1 aromatic carbocycles. The highest BCUT2D eigenvalue weighted by Gasteiger charge is 2.41. The minimum atomic E-state index is -0.0405. The number of nitrogens with zero attached hydrogens (tertiary/aromatic N) is 6. The van der Waals surface area contributed by atoms with E-state index in [1.165, 1.54) is 6.08 Å². The van der Waals surface area contributed by atoms with Crippen molar-refractivity contribution < 1.29 is 9.53 Å². The zero-order valence-electron chi connectivity index (χ0n) is 26.2. The Morgan fingerprint density at radius 3 is 2.60 bits per heavy atom. The first-order valence-corrected chi connectivity index (χ1v) is 16.3. The maximum absolute atomic E-state index is 12.3. The van der Waals surface area contributed by atoms with Crippen molar-refractivity contribution in [3.63, 3.8) is 0 Å². The number of amides is 1. The number of hydrogen-bond acceptors (Lipinski definition) is 6. The molecule has 2 unspecified atom stereocenters. The minimum Gasteiger partial charge on any atom is -0.379 e. The molecule has 232 valence electrons. The molecule has 0 bridgehead atoms. The zero-order chi connectivity index (χ0) is 30.3. The van der Waals surface area contributed by atoms with E-state index in [2.05, 4.69) is 65.0 Å². The van der Waals surface area contributed by atoms with Gasteiger partial charge in [-0.05, 0) is 76.5 Å². The molecular weight excluding hydrogens is 562 g/mol. The third-order valence-electron chi connectivity index (χ3n) is 10.3. The highest BCUT2D eigenvalue weighted by molar-refractivity contribution is 6.36. The van der Waals surface area contributed by atoms with Gasteiger partial charge in [0.25, 0.3) is 0 Å². The first kappa shape index (κ1) is 30.2. The number of nitrogens with one attached hydrogen (secondary N) is 1. The second-order valence-corrected chi connectivity index (χ2v) is 13.4. The number of fused-ring (bicyclic) bond motifs is 1. The van der Waals surface area contributed by atoms with E-state index in [9.17, 15) is 4.79 Å². The molecule has 3 aromatic rings. The lowest BCUT2D eigenvalue weighted by Crippen LogP contribution is -2.54. The van der Waals surface area contributed by atoms with Crippen molar-refractivity contribution in [1.82, 2.24) is 29.8 Å². The van der Waals surface area contributed by atoms with Gasteiger partial charge < -0.3 is 14.5 Å². The van der Waals surface area contributed by atoms with Gasteiger partial charge in [-0.3, -0.25) is 19.5 Å². The lowest BCUT2D eigenvalue weighted by Gasteiger charge is -2.49. The van der Waals surface area contributed by atoms with Crippen molar-refractivity contribution >= 4 is 34.2 Å². The number of carbonyl (C=O) groups excluding carboxylic acids is 1. The Balaban J connectivity index is 1.41. The maximum Gasteiger partial charge on any atom is 0.245 e. The second-order valence-electron chi connectivity index (χ2n) is 13.0. The minimum absolute atomic E-state index is 0.00423. The van der Waals surface area contributed by atoms with Crippen molar-refractivity contribution in [1.29, 1.82) is 0 Å². The number of hydrogen-bond donors (Lipinski definition) is 1. The number of carbonyl (C=O) groups is 1. The summed E-state index contributed by atoms with van der Waals surface area (Å²) in [6, 6.07) is 2.28. The highest BCUT2D eigenvalue weighted by Crippen LogP contribution is 2.48. The van der Waals surface area contributed by atoms with Crippen molar-refractivity contribution in [2.24, 2.45) is 5.92 Å². The van der Waals surface area contributed by atoms with Crippen molar-refractivity contribution in [3.8, 4) is 11.1 Å². The summed E-state index contributed by atoms with van der Waals surface area (Å²) in [6.45, 7) is 19.9. The Labute approximate surface area is 260 Å². The lowest BCUT2D eigenvalue weighted by atomic mass is 9.79. The summed E-state index contributed by atoms with van der Waals surface area (Å²) in [5.74, 6) is 1.66. The van der Waals surface area contributed by atoms with Crippen LogP contribution in [0.3, 0.4) is 0 Å². The van der Waals surface area contributed by atoms with E-state index in [4.69, 9.17) is 21.4 Å². The van der Waals surface area contributed by atoms with E-state index in [0.717, 1.165) is 116 Å². The molecule has 2 aromatic heterocycles. The molecule has 9 nitrogen and oxygen atoms in total. The Morgan fingerprint density at radius 1 is 1.16 bits per heavy atom. The van der Waals surface area contributed by atoms with E-state index in [-0.39, 0.29) is 17.5 Å². The normalized spacial score (nSPS) is 24.2. The van der Waals surface area contributed by atoms with Crippen molar-refractivity contribution in [2.45, 2.75) is 71.4 Å². The third-order valence-corrected chi connectivity index (χ3v) is 10.8. The summed E-state index contributed by atoms with van der Waals surface area (Å²) < 4.78 is 7.85. The van der Waals surface area contributed by atoms with Crippen LogP contribution in [0.15, 0.2) is 24.9 Å². The van der Waals surface area contributed by atoms with Crippen LogP contribution in [-0.4, -0.2) is 93.7 Å². The van der Waals surface area contributed by atoms with Crippen LogP contribution in [0, 0.1) is 19.8 Å². The molecular formula is C33H46ClN7O2. The lowest BCUT2D eigenvalue weighted by molar-refractivity contribution is -0.127. The van der Waals surface area contributed by atoms with Gasteiger partial charge in [0.15, 0.2) is 5.82 Å².